The van der Waals surface area contributed by atoms with E-state index in [-0.39, 0.29) is 23.5 Å². The molecule has 1 saturated heterocycles. The van der Waals surface area contributed by atoms with E-state index in [1.165, 1.54) is 16.5 Å². The fourth-order valence-corrected chi connectivity index (χ4v) is 8.67. The second-order valence-corrected chi connectivity index (χ2v) is 15.0. The smallest absolute Gasteiger partial charge is 0.390 e. The summed E-state index contributed by atoms with van der Waals surface area (Å²) in [5.41, 5.74) is 1.49. The molecule has 1 aliphatic rings. The molecule has 1 aliphatic heterocycles. The Morgan fingerprint density at radius 2 is 1.85 bits per heavy atom. The molecule has 17 nitrogen and oxygen atoms in total. The molecule has 0 amide bonds. The van der Waals surface area contributed by atoms with Gasteiger partial charge in [0.1, 0.15) is 12.3 Å². The number of ether oxygens (including phenoxy) is 1. The van der Waals surface area contributed by atoms with Crippen molar-refractivity contribution in [1.82, 2.24) is 19.5 Å². The third-order valence-corrected chi connectivity index (χ3v) is 11.3. The van der Waals surface area contributed by atoms with E-state index in [0.717, 1.165) is 19.3 Å². The van der Waals surface area contributed by atoms with Crippen LogP contribution in [0.3, 0.4) is 0 Å². The lowest BCUT2D eigenvalue weighted by atomic mass is 10.1. The van der Waals surface area contributed by atoms with Crippen molar-refractivity contribution >= 4 is 45.8 Å². The van der Waals surface area contributed by atoms with Gasteiger partial charge in [-0.2, -0.15) is 4.98 Å². The summed E-state index contributed by atoms with van der Waals surface area (Å²) in [6, 6.07) is 7.68. The first-order valence-corrected chi connectivity index (χ1v) is 17.4. The summed E-state index contributed by atoms with van der Waals surface area (Å²) in [7, 11) is -15.5. The molecule has 41 heavy (non-hydrogen) atoms. The number of unbranched alkanes of at least 4 members (excludes halogenated alkanes) is 1. The van der Waals surface area contributed by atoms with Crippen LogP contribution in [-0.2, 0) is 33.7 Å². The number of aliphatic hydroxyl groups is 1. The van der Waals surface area contributed by atoms with E-state index in [2.05, 4.69) is 31.5 Å². The Morgan fingerprint density at radius 3 is 2.51 bits per heavy atom. The molecule has 3 heterocycles. The van der Waals surface area contributed by atoms with E-state index in [1.54, 1.807) is 0 Å². The van der Waals surface area contributed by atoms with Crippen LogP contribution in [0.5, 0.6) is 0 Å². The molecule has 0 spiro atoms. The molecule has 0 saturated carbocycles. The largest absolute Gasteiger partial charge is 0.476 e. The summed E-state index contributed by atoms with van der Waals surface area (Å²) in [4.78, 5) is 60.5. The molecule has 20 heteroatoms. The summed E-state index contributed by atoms with van der Waals surface area (Å²) in [6.07, 6.45) is 1.03. The van der Waals surface area contributed by atoms with E-state index in [0.29, 0.717) is 5.69 Å². The highest BCUT2D eigenvalue weighted by Gasteiger charge is 2.41. The Hall–Kier alpha value is -2.26. The number of aryl methyl sites for hydroxylation is 1. The Morgan fingerprint density at radius 1 is 1.15 bits per heavy atom. The third kappa shape index (κ3) is 8.63. The molecule has 2 unspecified atom stereocenters. The van der Waals surface area contributed by atoms with Crippen LogP contribution in [0.15, 0.2) is 35.4 Å². The molecule has 1 fully saturated rings. The van der Waals surface area contributed by atoms with Crippen molar-refractivity contribution in [3.05, 3.63) is 46.5 Å². The Labute approximate surface area is 232 Å². The minimum atomic E-state index is -5.42. The minimum Gasteiger partial charge on any atom is -0.390 e. The second kappa shape index (κ2) is 12.5. The molecule has 226 valence electrons. The predicted molar refractivity (Wildman–Crippen MR) is 145 cm³/mol. The molecule has 5 atom stereocenters. The van der Waals surface area contributed by atoms with Gasteiger partial charge < -0.3 is 39.3 Å². The molecule has 2 aromatic heterocycles. The first-order valence-electron chi connectivity index (χ1n) is 12.4. The van der Waals surface area contributed by atoms with Crippen molar-refractivity contribution in [3.63, 3.8) is 0 Å². The lowest BCUT2D eigenvalue weighted by Gasteiger charge is -2.20. The zero-order valence-corrected chi connectivity index (χ0v) is 24.3. The van der Waals surface area contributed by atoms with E-state index >= 15 is 0 Å². The van der Waals surface area contributed by atoms with Gasteiger partial charge in [0.05, 0.1) is 19.0 Å². The lowest BCUT2D eigenvalue weighted by Crippen LogP contribution is -2.26. The molecular formula is C21H30N5O12P3. The van der Waals surface area contributed by atoms with Crippen LogP contribution in [0.1, 0.15) is 38.0 Å². The van der Waals surface area contributed by atoms with Crippen molar-refractivity contribution in [3.8, 4) is 0 Å². The molecule has 4 rings (SSSR count). The molecule has 0 aliphatic carbocycles. The number of imidazole rings is 1. The maximum Gasteiger partial charge on any atom is 0.476 e. The molecule has 7 N–H and O–H groups in total. The van der Waals surface area contributed by atoms with Crippen LogP contribution in [0, 0.1) is 0 Å². The van der Waals surface area contributed by atoms with Gasteiger partial charge in [0.25, 0.3) is 5.56 Å². The zero-order valence-electron chi connectivity index (χ0n) is 21.6. The van der Waals surface area contributed by atoms with E-state index < -0.39 is 59.5 Å². The Kier molecular flexibility index (Phi) is 9.69. The number of H-pyrrole nitrogens is 1. The van der Waals surface area contributed by atoms with Crippen LogP contribution >= 0.6 is 23.0 Å². The van der Waals surface area contributed by atoms with Gasteiger partial charge in [0.2, 0.25) is 5.95 Å². The second-order valence-electron chi connectivity index (χ2n) is 9.38. The standard InChI is InChI=1S/C21H30N5O12P3/c1-2-3-4-13-5-7-14(8-6-13)23-21-24-19-18(20(28)25-21)22-11-26(19)17-9-15(27)16(37-17)10-36-39(29,30)12-40(31,32)38-41(33,34)35/h5-8,11,15-17,27H,2-4,9-10,12H2,1H3,(H,29,30)(H,31,32)(H2,33,34,35)(H2,23,24,25,28)/t15-,16+,17+/m0/s1. The van der Waals surface area contributed by atoms with E-state index in [9.17, 15) is 33.4 Å². The van der Waals surface area contributed by atoms with Crippen LogP contribution in [0.25, 0.3) is 11.2 Å². The SMILES string of the molecule is CCCCc1ccc(Nc2nc3c(ncn3[C@H]3C[C@H](O)[C@@H](COP(=O)(O)CP(=O)(O)OP(=O)(O)O)O3)c(=O)[nH]2)cc1. The zero-order chi connectivity index (χ0) is 30.0. The number of aromatic nitrogens is 4. The van der Waals surface area contributed by atoms with Crippen LogP contribution in [0.2, 0.25) is 0 Å². The average molecular weight is 637 g/mol. The number of hydrogen-bond donors (Lipinski definition) is 7. The van der Waals surface area contributed by atoms with Crippen molar-refractivity contribution in [2.45, 2.75) is 51.0 Å². The summed E-state index contributed by atoms with van der Waals surface area (Å²) in [5, 5.41) is 13.5. The fraction of sp³-hybridized carbons (Fsp3) is 0.476. The summed E-state index contributed by atoms with van der Waals surface area (Å²) in [5.74, 6) is -1.47. The number of hydrogen-bond acceptors (Lipinski definition) is 11. The fourth-order valence-electron chi connectivity index (χ4n) is 4.15. The predicted octanol–water partition coefficient (Wildman–Crippen LogP) is 2.31. The van der Waals surface area contributed by atoms with Crippen molar-refractivity contribution < 1.29 is 51.9 Å². The first kappa shape index (κ1) is 31.7. The number of anilines is 2. The van der Waals surface area contributed by atoms with Gasteiger partial charge in [-0.3, -0.25) is 23.5 Å². The topological polar surface area (TPSA) is 256 Å². The maximum atomic E-state index is 12.6. The van der Waals surface area contributed by atoms with Gasteiger partial charge >= 0.3 is 23.0 Å². The highest BCUT2D eigenvalue weighted by atomic mass is 31.3. The molecule has 0 radical (unpaired) electrons. The maximum absolute atomic E-state index is 12.6. The highest BCUT2D eigenvalue weighted by Crippen LogP contribution is 2.64. The lowest BCUT2D eigenvalue weighted by molar-refractivity contribution is -0.0395. The van der Waals surface area contributed by atoms with Gasteiger partial charge in [0.15, 0.2) is 17.1 Å². The molecule has 3 aromatic rings. The Balaban J connectivity index is 1.44. The van der Waals surface area contributed by atoms with Crippen molar-refractivity contribution in [2.24, 2.45) is 0 Å². The van der Waals surface area contributed by atoms with Gasteiger partial charge in [0, 0.05) is 12.1 Å². The average Bonchev–Trinajstić information content (AvgIpc) is 3.43. The Bertz CT molecular complexity index is 1570. The number of fused-ring (bicyclic) bond motifs is 1. The van der Waals surface area contributed by atoms with Crippen molar-refractivity contribution in [1.29, 1.82) is 0 Å². The van der Waals surface area contributed by atoms with E-state index in [4.69, 9.17) is 19.0 Å². The van der Waals surface area contributed by atoms with Gasteiger partial charge in [-0.25, -0.2) is 13.9 Å². The van der Waals surface area contributed by atoms with Crippen LogP contribution < -0.4 is 10.9 Å². The number of nitrogens with zero attached hydrogens (tertiary/aromatic N) is 3. The van der Waals surface area contributed by atoms with Gasteiger partial charge in [-0.1, -0.05) is 25.5 Å². The number of phosphoric acid groups is 1. The monoisotopic (exact) mass is 637 g/mol. The molecule has 1 aromatic carbocycles. The van der Waals surface area contributed by atoms with Gasteiger partial charge in [-0.05, 0) is 30.5 Å². The molecular weight excluding hydrogens is 607 g/mol. The summed E-state index contributed by atoms with van der Waals surface area (Å²) in [6.45, 7) is 1.40. The quantitative estimate of drug-likeness (QED) is 0.133. The number of nitrogens with one attached hydrogen (secondary N) is 2. The first-order chi connectivity index (χ1) is 19.1. The van der Waals surface area contributed by atoms with Gasteiger partial charge in [-0.15, -0.1) is 0 Å². The van der Waals surface area contributed by atoms with E-state index in [1.807, 2.05) is 24.3 Å². The third-order valence-electron chi connectivity index (χ3n) is 6.01. The number of rotatable bonds is 13. The highest BCUT2D eigenvalue weighted by molar-refractivity contribution is 7.74. The van der Waals surface area contributed by atoms with Crippen molar-refractivity contribution in [2.75, 3.05) is 17.8 Å². The number of benzene rings is 1. The summed E-state index contributed by atoms with van der Waals surface area (Å²) < 4.78 is 50.4. The van der Waals surface area contributed by atoms with Crippen LogP contribution in [-0.4, -0.2) is 68.9 Å². The number of aliphatic hydroxyl groups excluding tert-OH is 1. The minimum absolute atomic E-state index is 0.00636. The molecule has 0 bridgehead atoms. The van der Waals surface area contributed by atoms with Crippen LogP contribution in [0.4, 0.5) is 11.6 Å². The normalized spacial score (nSPS) is 22.4. The number of aromatic amines is 1. The summed E-state index contributed by atoms with van der Waals surface area (Å²) >= 11 is 0.